The molecule has 1 amide bonds. The predicted octanol–water partition coefficient (Wildman–Crippen LogP) is 3.02. The van der Waals surface area contributed by atoms with Crippen LogP contribution in [0.15, 0.2) is 36.4 Å². The van der Waals surface area contributed by atoms with Gasteiger partial charge in [-0.3, -0.25) is 9.69 Å². The summed E-state index contributed by atoms with van der Waals surface area (Å²) in [6, 6.07) is 8.59. The minimum absolute atomic E-state index is 0.280. The van der Waals surface area contributed by atoms with Crippen molar-refractivity contribution in [1.29, 1.82) is 0 Å². The molecule has 0 saturated carbocycles. The zero-order valence-electron chi connectivity index (χ0n) is 14.2. The quantitative estimate of drug-likeness (QED) is 0.720. The van der Waals surface area contributed by atoms with E-state index in [0.29, 0.717) is 22.2 Å². The zero-order chi connectivity index (χ0) is 18.8. The monoisotopic (exact) mass is 396 g/mol. The van der Waals surface area contributed by atoms with Gasteiger partial charge in [0.25, 0.3) is 5.91 Å². The topological polar surface area (TPSA) is 37.6 Å². The van der Waals surface area contributed by atoms with E-state index in [2.05, 4.69) is 4.98 Å². The number of halogens is 3. The molecule has 2 aromatic carbocycles. The van der Waals surface area contributed by atoms with Gasteiger partial charge in [-0.2, -0.15) is 0 Å². The summed E-state index contributed by atoms with van der Waals surface area (Å²) in [7, 11) is 3.87. The molecular formula is C18H17ClF2N3OS+. The first-order chi connectivity index (χ1) is 12.4. The van der Waals surface area contributed by atoms with E-state index in [1.54, 1.807) is 18.2 Å². The summed E-state index contributed by atoms with van der Waals surface area (Å²) in [5.74, 6) is -2.52. The van der Waals surface area contributed by atoms with Crippen molar-refractivity contribution in [2.75, 3.05) is 32.1 Å². The zero-order valence-corrected chi connectivity index (χ0v) is 15.8. The van der Waals surface area contributed by atoms with Crippen LogP contribution in [0.5, 0.6) is 0 Å². The number of anilines is 1. The van der Waals surface area contributed by atoms with Gasteiger partial charge in [0.05, 0.1) is 37.4 Å². The number of benzene rings is 2. The molecule has 0 fully saturated rings. The van der Waals surface area contributed by atoms with Gasteiger partial charge in [-0.15, -0.1) is 0 Å². The Balaban J connectivity index is 2.05. The second-order valence-electron chi connectivity index (χ2n) is 6.12. The van der Waals surface area contributed by atoms with Gasteiger partial charge in [0.15, 0.2) is 5.13 Å². The highest BCUT2D eigenvalue weighted by atomic mass is 35.5. The number of hydrogen-bond acceptors (Lipinski definition) is 3. The van der Waals surface area contributed by atoms with Crippen LogP contribution in [-0.4, -0.2) is 38.1 Å². The van der Waals surface area contributed by atoms with Crippen molar-refractivity contribution in [3.63, 3.8) is 0 Å². The molecule has 0 aliphatic carbocycles. The number of carbonyl (C=O) groups excluding carboxylic acids is 1. The number of thiazole rings is 1. The van der Waals surface area contributed by atoms with Crippen LogP contribution in [0.4, 0.5) is 13.9 Å². The molecule has 0 bridgehead atoms. The number of fused-ring (bicyclic) bond motifs is 1. The van der Waals surface area contributed by atoms with Gasteiger partial charge in [-0.1, -0.05) is 29.0 Å². The minimum Gasteiger partial charge on any atom is -0.338 e. The molecule has 0 spiro atoms. The minimum atomic E-state index is -0.888. The summed E-state index contributed by atoms with van der Waals surface area (Å²) >= 11 is 7.27. The van der Waals surface area contributed by atoms with Crippen molar-refractivity contribution in [2.45, 2.75) is 0 Å². The van der Waals surface area contributed by atoms with E-state index in [0.717, 1.165) is 21.7 Å². The van der Waals surface area contributed by atoms with Gasteiger partial charge in [0.1, 0.15) is 17.2 Å². The summed E-state index contributed by atoms with van der Waals surface area (Å²) < 4.78 is 29.0. The number of hydrogen-bond donors (Lipinski definition) is 1. The second kappa shape index (κ2) is 7.65. The van der Waals surface area contributed by atoms with Gasteiger partial charge >= 0.3 is 0 Å². The second-order valence-corrected chi connectivity index (χ2v) is 7.56. The number of aromatic nitrogens is 1. The van der Waals surface area contributed by atoms with E-state index in [4.69, 9.17) is 11.6 Å². The molecule has 3 rings (SSSR count). The molecule has 136 valence electrons. The highest BCUT2D eigenvalue weighted by Crippen LogP contribution is 2.31. The lowest BCUT2D eigenvalue weighted by Gasteiger charge is -2.21. The van der Waals surface area contributed by atoms with Gasteiger partial charge in [0, 0.05) is 5.02 Å². The molecule has 0 atom stereocenters. The molecule has 8 heteroatoms. The highest BCUT2D eigenvalue weighted by molar-refractivity contribution is 7.22. The molecule has 0 saturated heterocycles. The predicted molar refractivity (Wildman–Crippen MR) is 100 cm³/mol. The van der Waals surface area contributed by atoms with Crippen LogP contribution in [-0.2, 0) is 0 Å². The van der Waals surface area contributed by atoms with Crippen molar-refractivity contribution in [3.05, 3.63) is 58.6 Å². The Morgan fingerprint density at radius 2 is 1.92 bits per heavy atom. The molecule has 1 N–H and O–H groups in total. The lowest BCUT2D eigenvalue weighted by atomic mass is 10.1. The summed E-state index contributed by atoms with van der Waals surface area (Å²) in [6.07, 6.45) is 0. The number of rotatable bonds is 5. The van der Waals surface area contributed by atoms with E-state index in [1.807, 2.05) is 14.1 Å². The third-order valence-electron chi connectivity index (χ3n) is 3.83. The number of nitrogens with one attached hydrogen (secondary N) is 1. The lowest BCUT2D eigenvalue weighted by Crippen LogP contribution is -3.06. The maximum Gasteiger partial charge on any atom is 0.266 e. The molecule has 0 unspecified atom stereocenters. The standard InChI is InChI=1S/C18H16ClF2N3OS/c1-23(2)8-9-24(17(25)16-12(20)4-3-5-13(16)21)18-22-14-7-6-11(19)10-15(14)26-18/h3-7,10H,8-9H2,1-2H3/p+1. The smallest absolute Gasteiger partial charge is 0.266 e. The van der Waals surface area contributed by atoms with Crippen molar-refractivity contribution in [2.24, 2.45) is 0 Å². The first kappa shape index (κ1) is 18.7. The van der Waals surface area contributed by atoms with Crippen LogP contribution >= 0.6 is 22.9 Å². The fraction of sp³-hybridized carbons (Fsp3) is 0.222. The normalized spacial score (nSPS) is 11.3. The fourth-order valence-electron chi connectivity index (χ4n) is 2.46. The van der Waals surface area contributed by atoms with Gasteiger partial charge in [-0.05, 0) is 30.3 Å². The Bertz CT molecular complexity index is 941. The number of likely N-dealkylation sites (N-methyl/N-ethyl adjacent to an activating group) is 1. The third kappa shape index (κ3) is 3.85. The molecule has 1 heterocycles. The first-order valence-electron chi connectivity index (χ1n) is 7.98. The summed E-state index contributed by atoms with van der Waals surface area (Å²) in [4.78, 5) is 19.8. The average Bonchev–Trinajstić information content (AvgIpc) is 2.97. The van der Waals surface area contributed by atoms with Crippen molar-refractivity contribution >= 4 is 44.2 Å². The maximum atomic E-state index is 14.1. The number of amides is 1. The van der Waals surface area contributed by atoms with Crippen molar-refractivity contribution in [1.82, 2.24) is 4.98 Å². The SMILES string of the molecule is C[NH+](C)CCN(C(=O)c1c(F)cccc1F)c1nc2ccc(Cl)cc2s1. The van der Waals surface area contributed by atoms with E-state index in [9.17, 15) is 13.6 Å². The maximum absolute atomic E-state index is 14.1. The Morgan fingerprint density at radius 3 is 2.58 bits per heavy atom. The third-order valence-corrected chi connectivity index (χ3v) is 5.10. The summed E-state index contributed by atoms with van der Waals surface area (Å²) in [5, 5.41) is 0.944. The molecule has 1 aromatic heterocycles. The Kier molecular flexibility index (Phi) is 5.50. The Hall–Kier alpha value is -2.09. The van der Waals surface area contributed by atoms with Crippen LogP contribution in [0.25, 0.3) is 10.2 Å². The molecule has 0 aliphatic rings. The first-order valence-corrected chi connectivity index (χ1v) is 9.17. The van der Waals surface area contributed by atoms with E-state index >= 15 is 0 Å². The van der Waals surface area contributed by atoms with Gasteiger partial charge in [0.2, 0.25) is 0 Å². The van der Waals surface area contributed by atoms with Gasteiger partial charge < -0.3 is 4.90 Å². The molecule has 26 heavy (non-hydrogen) atoms. The van der Waals surface area contributed by atoms with E-state index < -0.39 is 23.1 Å². The van der Waals surface area contributed by atoms with Crippen LogP contribution < -0.4 is 9.80 Å². The molecular weight excluding hydrogens is 380 g/mol. The number of carbonyl (C=O) groups is 1. The lowest BCUT2D eigenvalue weighted by molar-refractivity contribution is -0.856. The Labute approximate surface area is 158 Å². The Morgan fingerprint density at radius 1 is 1.23 bits per heavy atom. The molecule has 0 radical (unpaired) electrons. The van der Waals surface area contributed by atoms with Crippen LogP contribution in [0.2, 0.25) is 5.02 Å². The molecule has 4 nitrogen and oxygen atoms in total. The summed E-state index contributed by atoms with van der Waals surface area (Å²) in [6.45, 7) is 0.876. The fourth-order valence-corrected chi connectivity index (χ4v) is 3.72. The van der Waals surface area contributed by atoms with Crippen molar-refractivity contribution < 1.29 is 18.5 Å². The summed E-state index contributed by atoms with van der Waals surface area (Å²) in [5.41, 5.74) is 0.108. The van der Waals surface area contributed by atoms with Gasteiger partial charge in [-0.25, -0.2) is 13.8 Å². The number of nitrogens with zero attached hydrogens (tertiary/aromatic N) is 2. The molecule has 0 aliphatic heterocycles. The van der Waals surface area contributed by atoms with Crippen molar-refractivity contribution in [3.8, 4) is 0 Å². The van der Waals surface area contributed by atoms with E-state index in [1.165, 1.54) is 22.3 Å². The largest absolute Gasteiger partial charge is 0.338 e. The highest BCUT2D eigenvalue weighted by Gasteiger charge is 2.27. The molecule has 3 aromatic rings. The number of quaternary nitrogens is 1. The average molecular weight is 397 g/mol. The van der Waals surface area contributed by atoms with Crippen LogP contribution in [0.3, 0.4) is 0 Å². The van der Waals surface area contributed by atoms with E-state index in [-0.39, 0.29) is 6.54 Å². The van der Waals surface area contributed by atoms with Crippen LogP contribution in [0, 0.1) is 11.6 Å². The van der Waals surface area contributed by atoms with Crippen LogP contribution in [0.1, 0.15) is 10.4 Å².